The largest absolute Gasteiger partial charge is 0.441 e. The van der Waals surface area contributed by atoms with E-state index < -0.39 is 10.0 Å². The normalized spacial score (nSPS) is 11.5. The molecule has 0 fully saturated rings. The third-order valence-corrected chi connectivity index (χ3v) is 5.67. The van der Waals surface area contributed by atoms with Gasteiger partial charge in [-0.05, 0) is 55.7 Å². The van der Waals surface area contributed by atoms with Crippen molar-refractivity contribution in [2.45, 2.75) is 32.6 Å². The lowest BCUT2D eigenvalue weighted by atomic mass is 10.1. The third-order valence-electron chi connectivity index (χ3n) is 4.14. The summed E-state index contributed by atoms with van der Waals surface area (Å²) in [4.78, 5) is 4.28. The molecule has 0 bridgehead atoms. The van der Waals surface area contributed by atoms with E-state index >= 15 is 0 Å². The maximum Gasteiger partial charge on any atom is 0.262 e. The zero-order valence-electron chi connectivity index (χ0n) is 14.6. The van der Waals surface area contributed by atoms with E-state index in [2.05, 4.69) is 9.71 Å². The lowest BCUT2D eigenvalue weighted by Gasteiger charge is -2.12. The maximum absolute atomic E-state index is 12.9. The molecule has 3 aromatic rings. The van der Waals surface area contributed by atoms with Crippen molar-refractivity contribution in [1.29, 1.82) is 0 Å². The number of sulfonamides is 1. The molecule has 6 heteroatoms. The number of rotatable bonds is 4. The lowest BCUT2D eigenvalue weighted by molar-refractivity contribution is 0.534. The Bertz CT molecular complexity index is 1040. The van der Waals surface area contributed by atoms with Crippen LogP contribution in [0.2, 0.25) is 0 Å². The number of hydrogen-bond acceptors (Lipinski definition) is 4. The van der Waals surface area contributed by atoms with Crippen LogP contribution in [-0.2, 0) is 10.0 Å². The van der Waals surface area contributed by atoms with Crippen molar-refractivity contribution in [2.75, 3.05) is 4.72 Å². The van der Waals surface area contributed by atoms with Gasteiger partial charge in [-0.1, -0.05) is 18.2 Å². The first-order valence-corrected chi connectivity index (χ1v) is 9.38. The van der Waals surface area contributed by atoms with Crippen LogP contribution >= 0.6 is 0 Å². The van der Waals surface area contributed by atoms with E-state index in [0.717, 1.165) is 11.1 Å². The predicted octanol–water partition coefficient (Wildman–Crippen LogP) is 4.38. The van der Waals surface area contributed by atoms with Crippen LogP contribution < -0.4 is 4.72 Å². The van der Waals surface area contributed by atoms with Crippen molar-refractivity contribution in [3.05, 3.63) is 65.2 Å². The number of aromatic nitrogens is 1. The van der Waals surface area contributed by atoms with Gasteiger partial charge in [0.2, 0.25) is 0 Å². The Kier molecular flexibility index (Phi) is 4.39. The summed E-state index contributed by atoms with van der Waals surface area (Å²) in [7, 11) is -3.71. The van der Waals surface area contributed by atoms with Crippen molar-refractivity contribution in [1.82, 2.24) is 4.98 Å². The number of benzene rings is 2. The number of aryl methyl sites for hydroxylation is 4. The highest BCUT2D eigenvalue weighted by molar-refractivity contribution is 7.92. The molecule has 1 N–H and O–H groups in total. The summed E-state index contributed by atoms with van der Waals surface area (Å²) in [5.74, 6) is 1.08. The summed E-state index contributed by atoms with van der Waals surface area (Å²) in [5.41, 5.74) is 4.02. The molecular weight excluding hydrogens is 336 g/mol. The van der Waals surface area contributed by atoms with Gasteiger partial charge in [0.1, 0.15) is 0 Å². The minimum atomic E-state index is -3.71. The summed E-state index contributed by atoms with van der Waals surface area (Å²) in [5, 5.41) is 0. The third kappa shape index (κ3) is 3.58. The Labute approximate surface area is 147 Å². The second-order valence-corrected chi connectivity index (χ2v) is 7.78. The fourth-order valence-electron chi connectivity index (χ4n) is 2.55. The average molecular weight is 356 g/mol. The molecular formula is C19H20N2O3S. The highest BCUT2D eigenvalue weighted by atomic mass is 32.2. The van der Waals surface area contributed by atoms with Gasteiger partial charge in [0.25, 0.3) is 10.0 Å². The molecule has 25 heavy (non-hydrogen) atoms. The van der Waals surface area contributed by atoms with Gasteiger partial charge >= 0.3 is 0 Å². The molecule has 0 spiro atoms. The molecule has 3 rings (SSSR count). The molecule has 0 unspecified atom stereocenters. The minimum absolute atomic E-state index is 0.220. The van der Waals surface area contributed by atoms with Crippen LogP contribution in [-0.4, -0.2) is 13.4 Å². The summed E-state index contributed by atoms with van der Waals surface area (Å²) >= 11 is 0. The fourth-order valence-corrected chi connectivity index (χ4v) is 3.87. The highest BCUT2D eigenvalue weighted by Crippen LogP contribution is 2.27. The van der Waals surface area contributed by atoms with Crippen LogP contribution in [0.15, 0.2) is 51.9 Å². The maximum atomic E-state index is 12.9. The molecule has 0 aliphatic heterocycles. The molecule has 0 atom stereocenters. The number of oxazole rings is 1. The second-order valence-electron chi connectivity index (χ2n) is 6.13. The van der Waals surface area contributed by atoms with Crippen molar-refractivity contribution in [3.8, 4) is 11.3 Å². The first-order chi connectivity index (χ1) is 11.8. The van der Waals surface area contributed by atoms with Gasteiger partial charge in [-0.3, -0.25) is 4.72 Å². The van der Waals surface area contributed by atoms with Crippen LogP contribution in [0, 0.1) is 27.7 Å². The zero-order chi connectivity index (χ0) is 18.2. The number of hydrogen-bond donors (Lipinski definition) is 1. The van der Waals surface area contributed by atoms with E-state index in [9.17, 15) is 8.42 Å². The van der Waals surface area contributed by atoms with Gasteiger partial charge in [0, 0.05) is 18.2 Å². The van der Waals surface area contributed by atoms with Gasteiger partial charge in [-0.25, -0.2) is 13.4 Å². The zero-order valence-corrected chi connectivity index (χ0v) is 15.4. The highest BCUT2D eigenvalue weighted by Gasteiger charge is 2.19. The topological polar surface area (TPSA) is 72.2 Å². The SMILES string of the molecule is Cc1ncc(-c2ccc(C)c(S(=O)(=O)Nc3ccc(C)c(C)c3)c2)o1. The smallest absolute Gasteiger partial charge is 0.262 e. The summed E-state index contributed by atoms with van der Waals surface area (Å²) in [6.07, 6.45) is 1.59. The molecule has 1 aromatic heterocycles. The van der Waals surface area contributed by atoms with Gasteiger partial charge in [-0.2, -0.15) is 0 Å². The number of anilines is 1. The Morgan fingerprint density at radius 2 is 1.64 bits per heavy atom. The quantitative estimate of drug-likeness (QED) is 0.753. The monoisotopic (exact) mass is 356 g/mol. The average Bonchev–Trinajstić information content (AvgIpc) is 2.97. The first kappa shape index (κ1) is 17.2. The predicted molar refractivity (Wildman–Crippen MR) is 98.1 cm³/mol. The van der Waals surface area contributed by atoms with E-state index in [1.165, 1.54) is 0 Å². The van der Waals surface area contributed by atoms with Crippen molar-refractivity contribution >= 4 is 15.7 Å². The second kappa shape index (κ2) is 6.37. The summed E-state index contributed by atoms with van der Waals surface area (Å²) in [6.45, 7) is 7.45. The minimum Gasteiger partial charge on any atom is -0.441 e. The van der Waals surface area contributed by atoms with Gasteiger partial charge in [0.05, 0.1) is 11.1 Å². The lowest BCUT2D eigenvalue weighted by Crippen LogP contribution is -2.14. The molecule has 0 saturated heterocycles. The Morgan fingerprint density at radius 1 is 0.920 bits per heavy atom. The molecule has 1 heterocycles. The van der Waals surface area contributed by atoms with Crippen LogP contribution in [0.1, 0.15) is 22.6 Å². The van der Waals surface area contributed by atoms with E-state index in [4.69, 9.17) is 4.42 Å². The van der Waals surface area contributed by atoms with Crippen LogP contribution in [0.3, 0.4) is 0 Å². The van der Waals surface area contributed by atoms with Crippen LogP contribution in [0.4, 0.5) is 5.69 Å². The fraction of sp³-hybridized carbons (Fsp3) is 0.211. The molecule has 0 amide bonds. The number of nitrogens with one attached hydrogen (secondary N) is 1. The van der Waals surface area contributed by atoms with Gasteiger partial charge in [0.15, 0.2) is 11.7 Å². The van der Waals surface area contributed by atoms with Crippen molar-refractivity contribution in [2.24, 2.45) is 0 Å². The van der Waals surface area contributed by atoms with Crippen LogP contribution in [0.5, 0.6) is 0 Å². The summed E-state index contributed by atoms with van der Waals surface area (Å²) < 4.78 is 33.9. The molecule has 5 nitrogen and oxygen atoms in total. The van der Waals surface area contributed by atoms with E-state index in [1.807, 2.05) is 32.0 Å². The molecule has 0 radical (unpaired) electrons. The molecule has 0 aliphatic carbocycles. The Morgan fingerprint density at radius 3 is 2.28 bits per heavy atom. The van der Waals surface area contributed by atoms with Crippen molar-refractivity contribution in [3.63, 3.8) is 0 Å². The standard InChI is InChI=1S/C19H20N2O3S/c1-12-6-8-17(9-14(12)3)21-25(22,23)19-10-16(7-5-13(19)2)18-11-20-15(4)24-18/h5-11,21H,1-4H3. The van der Waals surface area contributed by atoms with Gasteiger partial charge in [-0.15, -0.1) is 0 Å². The van der Waals surface area contributed by atoms with E-state index in [0.29, 0.717) is 28.5 Å². The number of nitrogens with zero attached hydrogens (tertiary/aromatic N) is 1. The van der Waals surface area contributed by atoms with Gasteiger partial charge < -0.3 is 4.42 Å². The first-order valence-electron chi connectivity index (χ1n) is 7.90. The molecule has 0 saturated carbocycles. The molecule has 0 aliphatic rings. The Hall–Kier alpha value is -2.60. The molecule has 2 aromatic carbocycles. The van der Waals surface area contributed by atoms with E-state index in [-0.39, 0.29) is 4.90 Å². The summed E-state index contributed by atoms with van der Waals surface area (Å²) in [6, 6.07) is 10.7. The van der Waals surface area contributed by atoms with E-state index in [1.54, 1.807) is 38.2 Å². The van der Waals surface area contributed by atoms with Crippen molar-refractivity contribution < 1.29 is 12.8 Å². The Balaban J connectivity index is 2.00. The van der Waals surface area contributed by atoms with Crippen LogP contribution in [0.25, 0.3) is 11.3 Å². The molecule has 130 valence electrons.